The maximum Gasteiger partial charge on any atom is 0.251 e. The molecule has 0 aliphatic carbocycles. The second-order valence-corrected chi connectivity index (χ2v) is 7.80. The highest BCUT2D eigenvalue weighted by Gasteiger charge is 2.17. The lowest BCUT2D eigenvalue weighted by Crippen LogP contribution is -2.25. The monoisotopic (exact) mass is 425 g/mol. The number of nitrogens with zero attached hydrogens (tertiary/aromatic N) is 2. The van der Waals surface area contributed by atoms with Crippen LogP contribution in [0.3, 0.4) is 0 Å². The van der Waals surface area contributed by atoms with Gasteiger partial charge in [-0.1, -0.05) is 18.2 Å². The van der Waals surface area contributed by atoms with Gasteiger partial charge in [0.15, 0.2) is 0 Å². The van der Waals surface area contributed by atoms with E-state index in [9.17, 15) is 4.79 Å². The molecule has 0 spiro atoms. The second-order valence-electron chi connectivity index (χ2n) is 7.80. The number of nitrogens with one attached hydrogen (secondary N) is 4. The Morgan fingerprint density at radius 1 is 1.16 bits per heavy atom. The van der Waals surface area contributed by atoms with Gasteiger partial charge in [-0.2, -0.15) is 0 Å². The van der Waals surface area contributed by atoms with Crippen LogP contribution in [0.4, 0.5) is 5.69 Å². The lowest BCUT2D eigenvalue weighted by atomic mass is 10.1. The van der Waals surface area contributed by atoms with Gasteiger partial charge in [0.25, 0.3) is 5.91 Å². The van der Waals surface area contributed by atoms with Gasteiger partial charge in [-0.05, 0) is 36.2 Å². The topological polar surface area (TPSA) is 133 Å². The van der Waals surface area contributed by atoms with Crippen molar-refractivity contribution in [1.29, 1.82) is 5.41 Å². The van der Waals surface area contributed by atoms with Crippen LogP contribution in [0.5, 0.6) is 0 Å². The van der Waals surface area contributed by atoms with Gasteiger partial charge in [-0.25, -0.2) is 9.97 Å². The van der Waals surface area contributed by atoms with Crippen molar-refractivity contribution in [1.82, 2.24) is 20.3 Å². The summed E-state index contributed by atoms with van der Waals surface area (Å²) in [6, 6.07) is 13.5. The number of amidine groups is 1. The van der Waals surface area contributed by atoms with Crippen molar-refractivity contribution in [3.8, 4) is 11.3 Å². The summed E-state index contributed by atoms with van der Waals surface area (Å²) < 4.78 is 0. The van der Waals surface area contributed by atoms with E-state index in [0.717, 1.165) is 52.1 Å². The molecule has 3 heterocycles. The molecule has 5 rings (SSSR count). The van der Waals surface area contributed by atoms with Crippen LogP contribution in [0.2, 0.25) is 0 Å². The number of carbonyl (C=O) groups is 1. The normalized spacial score (nSPS) is 12.4. The highest BCUT2D eigenvalue weighted by Crippen LogP contribution is 2.31. The molecule has 0 unspecified atom stereocenters. The first-order valence-corrected chi connectivity index (χ1v) is 10.5. The van der Waals surface area contributed by atoms with Crippen LogP contribution in [-0.4, -0.2) is 39.8 Å². The van der Waals surface area contributed by atoms with Gasteiger partial charge in [0, 0.05) is 53.3 Å². The number of H-pyrrole nitrogens is 1. The van der Waals surface area contributed by atoms with Crippen molar-refractivity contribution in [2.75, 3.05) is 18.4 Å². The van der Waals surface area contributed by atoms with E-state index >= 15 is 0 Å². The first-order valence-electron chi connectivity index (χ1n) is 10.5. The third-order valence-electron chi connectivity index (χ3n) is 5.75. The summed E-state index contributed by atoms with van der Waals surface area (Å²) in [5, 5.41) is 14.9. The number of nitrogen functional groups attached to an aromatic ring is 1. The van der Waals surface area contributed by atoms with E-state index in [4.69, 9.17) is 11.1 Å². The predicted octanol–water partition coefficient (Wildman–Crippen LogP) is 2.85. The summed E-state index contributed by atoms with van der Waals surface area (Å²) in [4.78, 5) is 24.4. The van der Waals surface area contributed by atoms with Crippen molar-refractivity contribution in [3.05, 3.63) is 77.4 Å². The lowest BCUT2D eigenvalue weighted by molar-refractivity contribution is 0.0954. The van der Waals surface area contributed by atoms with Crippen molar-refractivity contribution < 1.29 is 4.79 Å². The van der Waals surface area contributed by atoms with Gasteiger partial charge in [0.1, 0.15) is 12.2 Å². The molecule has 2 aromatic carbocycles. The van der Waals surface area contributed by atoms with Crippen LogP contribution < -0.4 is 16.4 Å². The van der Waals surface area contributed by atoms with E-state index in [2.05, 4.69) is 25.6 Å². The van der Waals surface area contributed by atoms with E-state index in [-0.39, 0.29) is 11.7 Å². The van der Waals surface area contributed by atoms with Gasteiger partial charge in [0.2, 0.25) is 0 Å². The minimum atomic E-state index is -0.116. The Bertz CT molecular complexity index is 1320. The molecule has 8 nitrogen and oxygen atoms in total. The quantitative estimate of drug-likeness (QED) is 0.239. The molecular formula is C24H23N7O. The van der Waals surface area contributed by atoms with Crippen molar-refractivity contribution >= 4 is 28.3 Å². The van der Waals surface area contributed by atoms with Crippen LogP contribution in [-0.2, 0) is 12.8 Å². The molecular weight excluding hydrogens is 402 g/mol. The number of hydrogen-bond acceptors (Lipinski definition) is 5. The number of fused-ring (bicyclic) bond motifs is 2. The molecule has 0 saturated carbocycles. The standard InChI is InChI=1S/C24H23N7O/c25-23(26)18-12-29-19-6-1-14(11-17(18)19)7-9-28-24(32)16-4-2-15(3-5-16)21-22-20(8-10-27-22)30-13-31-21/h1-6,11-13,27,29H,7-10H2,(H3,25,26)(H,28,32). The number of nitrogens with two attached hydrogens (primary N) is 1. The van der Waals surface area contributed by atoms with Crippen molar-refractivity contribution in [2.45, 2.75) is 12.8 Å². The molecule has 32 heavy (non-hydrogen) atoms. The lowest BCUT2D eigenvalue weighted by Gasteiger charge is -2.09. The van der Waals surface area contributed by atoms with Gasteiger partial charge in [-0.15, -0.1) is 0 Å². The first kappa shape index (κ1) is 19.7. The molecule has 0 saturated heterocycles. The molecule has 0 atom stereocenters. The van der Waals surface area contributed by atoms with Gasteiger partial charge < -0.3 is 21.4 Å². The van der Waals surface area contributed by atoms with Crippen LogP contribution in [0.15, 0.2) is 55.0 Å². The summed E-state index contributed by atoms with van der Waals surface area (Å²) in [6.07, 6.45) is 4.92. The fraction of sp³-hybridized carbons (Fsp3) is 0.167. The zero-order valence-corrected chi connectivity index (χ0v) is 17.4. The molecule has 2 aromatic heterocycles. The van der Waals surface area contributed by atoms with Crippen molar-refractivity contribution in [2.24, 2.45) is 5.73 Å². The Hall–Kier alpha value is -4.20. The zero-order chi connectivity index (χ0) is 22.1. The second kappa shape index (κ2) is 8.14. The van der Waals surface area contributed by atoms with Gasteiger partial charge in [0.05, 0.1) is 17.1 Å². The Morgan fingerprint density at radius 3 is 2.81 bits per heavy atom. The Labute approximate surface area is 184 Å². The minimum absolute atomic E-state index is 0.0350. The highest BCUT2D eigenvalue weighted by atomic mass is 16.1. The zero-order valence-electron chi connectivity index (χ0n) is 17.4. The highest BCUT2D eigenvalue weighted by molar-refractivity contribution is 6.07. The van der Waals surface area contributed by atoms with Gasteiger partial charge in [-0.3, -0.25) is 10.2 Å². The summed E-state index contributed by atoms with van der Waals surface area (Å²) in [7, 11) is 0. The maximum absolute atomic E-state index is 12.6. The first-order chi connectivity index (χ1) is 15.6. The molecule has 4 aromatic rings. The number of carbonyl (C=O) groups excluding carboxylic acids is 1. The Kier molecular flexibility index (Phi) is 5.03. The molecule has 1 aliphatic heterocycles. The maximum atomic E-state index is 12.6. The van der Waals surface area contributed by atoms with Gasteiger partial charge >= 0.3 is 0 Å². The van der Waals surface area contributed by atoms with E-state index in [1.807, 2.05) is 42.5 Å². The van der Waals surface area contributed by atoms with E-state index in [1.165, 1.54) is 0 Å². The molecule has 0 fully saturated rings. The van der Waals surface area contributed by atoms with E-state index in [1.54, 1.807) is 12.5 Å². The van der Waals surface area contributed by atoms with Crippen LogP contribution >= 0.6 is 0 Å². The number of benzene rings is 2. The fourth-order valence-electron chi connectivity index (χ4n) is 4.07. The summed E-state index contributed by atoms with van der Waals surface area (Å²) in [5.74, 6) is -0.0809. The number of hydrogen-bond donors (Lipinski definition) is 5. The third kappa shape index (κ3) is 3.66. The van der Waals surface area contributed by atoms with E-state index in [0.29, 0.717) is 24.1 Å². The molecule has 0 bridgehead atoms. The van der Waals surface area contributed by atoms with E-state index < -0.39 is 0 Å². The summed E-state index contributed by atoms with van der Waals surface area (Å²) in [5.41, 5.74) is 12.8. The number of anilines is 1. The van der Waals surface area contributed by atoms with Crippen LogP contribution in [0, 0.1) is 5.41 Å². The number of aromatic nitrogens is 3. The summed E-state index contributed by atoms with van der Waals surface area (Å²) >= 11 is 0. The Balaban J connectivity index is 1.23. The number of amides is 1. The summed E-state index contributed by atoms with van der Waals surface area (Å²) in [6.45, 7) is 1.38. The molecule has 6 N–H and O–H groups in total. The van der Waals surface area contributed by atoms with Crippen LogP contribution in [0.25, 0.3) is 22.2 Å². The number of aromatic amines is 1. The minimum Gasteiger partial charge on any atom is -0.384 e. The third-order valence-corrected chi connectivity index (χ3v) is 5.75. The molecule has 0 radical (unpaired) electrons. The largest absolute Gasteiger partial charge is 0.384 e. The number of rotatable bonds is 6. The smallest absolute Gasteiger partial charge is 0.251 e. The fourth-order valence-corrected chi connectivity index (χ4v) is 4.07. The average molecular weight is 425 g/mol. The Morgan fingerprint density at radius 2 is 2.00 bits per heavy atom. The molecule has 1 aliphatic rings. The SMILES string of the molecule is N=C(N)c1c[nH]c2ccc(CCNC(=O)c3ccc(-c4ncnc5c4NCC5)cc3)cc12. The van der Waals surface area contributed by atoms with Crippen LogP contribution in [0.1, 0.15) is 27.2 Å². The average Bonchev–Trinajstić information content (AvgIpc) is 3.46. The van der Waals surface area contributed by atoms with Crippen molar-refractivity contribution in [3.63, 3.8) is 0 Å². The molecule has 1 amide bonds. The predicted molar refractivity (Wildman–Crippen MR) is 125 cm³/mol. The molecule has 160 valence electrons. The molecule has 8 heteroatoms.